The number of aromatic nitrogens is 3. The lowest BCUT2D eigenvalue weighted by molar-refractivity contribution is -0.123. The number of methoxy groups -OCH3 is 2. The number of carbonyl (C=O) groups excluding carboxylic acids is 1. The highest BCUT2D eigenvalue weighted by molar-refractivity contribution is 5.94. The van der Waals surface area contributed by atoms with E-state index in [9.17, 15) is 4.79 Å². The van der Waals surface area contributed by atoms with E-state index >= 15 is 0 Å². The molecule has 1 amide bonds. The maximum atomic E-state index is 13.9. The van der Waals surface area contributed by atoms with Crippen molar-refractivity contribution < 1.29 is 18.7 Å². The van der Waals surface area contributed by atoms with Crippen molar-refractivity contribution in [2.24, 2.45) is 11.8 Å². The fraction of sp³-hybridized carbons (Fsp3) is 0.600. The summed E-state index contributed by atoms with van der Waals surface area (Å²) < 4.78 is 15.7. The first-order valence-electron chi connectivity index (χ1n) is 16.2. The number of nitrogens with zero attached hydrogens (tertiary/aromatic N) is 4. The molecule has 3 aliphatic carbocycles. The molecule has 8 nitrogen and oxygen atoms in total. The second kappa shape index (κ2) is 15.0. The Morgan fingerprint density at radius 3 is 2.33 bits per heavy atom. The summed E-state index contributed by atoms with van der Waals surface area (Å²) in [4.78, 5) is 30.2. The zero-order chi connectivity index (χ0) is 30.2. The van der Waals surface area contributed by atoms with Crippen molar-refractivity contribution in [1.29, 1.82) is 0 Å². The summed E-state index contributed by atoms with van der Waals surface area (Å²) in [5, 5.41) is 0. The van der Waals surface area contributed by atoms with Crippen LogP contribution in [0.25, 0.3) is 11.3 Å². The summed E-state index contributed by atoms with van der Waals surface area (Å²) in [6.07, 6.45) is 15.7. The molecule has 0 N–H and O–H groups in total. The number of ether oxygens (including phenoxy) is 2. The van der Waals surface area contributed by atoms with Gasteiger partial charge in [0.15, 0.2) is 5.89 Å². The fourth-order valence-corrected chi connectivity index (χ4v) is 6.44. The number of carbonyl (C=O) groups is 1. The zero-order valence-electron chi connectivity index (χ0n) is 26.4. The lowest BCUT2D eigenvalue weighted by Crippen LogP contribution is -2.41. The van der Waals surface area contributed by atoms with E-state index < -0.39 is 0 Å². The number of rotatable bonds is 9. The lowest BCUT2D eigenvalue weighted by Gasteiger charge is -2.34. The lowest BCUT2D eigenvalue weighted by atomic mass is 9.79. The van der Waals surface area contributed by atoms with Gasteiger partial charge in [0.25, 0.3) is 0 Å². The molecule has 3 aromatic rings. The summed E-state index contributed by atoms with van der Waals surface area (Å²) in [6, 6.07) is 8.15. The summed E-state index contributed by atoms with van der Waals surface area (Å²) in [5.74, 6) is 4.14. The quantitative estimate of drug-likeness (QED) is 0.251. The van der Waals surface area contributed by atoms with Gasteiger partial charge >= 0.3 is 0 Å². The number of anilines is 1. The van der Waals surface area contributed by atoms with Gasteiger partial charge in [0.05, 0.1) is 12.8 Å². The Morgan fingerprint density at radius 2 is 1.67 bits per heavy atom. The molecule has 0 saturated heterocycles. The van der Waals surface area contributed by atoms with Gasteiger partial charge in [-0.25, -0.2) is 9.97 Å². The topological polar surface area (TPSA) is 90.6 Å². The molecular formula is C35H48N4O4. The number of oxazole rings is 1. The number of amides is 1. The number of aryl methyl sites for hydroxylation is 1. The van der Waals surface area contributed by atoms with Gasteiger partial charge in [-0.1, -0.05) is 19.3 Å². The van der Waals surface area contributed by atoms with Gasteiger partial charge in [0.2, 0.25) is 5.91 Å². The molecule has 0 spiro atoms. The van der Waals surface area contributed by atoms with Gasteiger partial charge in [-0.3, -0.25) is 14.7 Å². The van der Waals surface area contributed by atoms with Crippen molar-refractivity contribution in [2.75, 3.05) is 32.3 Å². The monoisotopic (exact) mass is 588 g/mol. The van der Waals surface area contributed by atoms with Crippen LogP contribution in [0.1, 0.15) is 107 Å². The molecule has 0 bridgehead atoms. The third-order valence-electron chi connectivity index (χ3n) is 9.26. The Kier molecular flexibility index (Phi) is 10.8. The Morgan fingerprint density at radius 1 is 0.953 bits per heavy atom. The first-order valence-corrected chi connectivity index (χ1v) is 16.2. The van der Waals surface area contributed by atoms with Gasteiger partial charge in [-0.15, -0.1) is 0 Å². The van der Waals surface area contributed by atoms with E-state index in [1.54, 1.807) is 20.5 Å². The average molecular weight is 589 g/mol. The van der Waals surface area contributed by atoms with Crippen LogP contribution in [0, 0.1) is 18.8 Å². The highest BCUT2D eigenvalue weighted by Gasteiger charge is 2.32. The third-order valence-corrected chi connectivity index (χ3v) is 9.26. The van der Waals surface area contributed by atoms with Crippen LogP contribution in [-0.4, -0.2) is 48.2 Å². The third kappa shape index (κ3) is 8.02. The van der Waals surface area contributed by atoms with Crippen LogP contribution in [0.2, 0.25) is 0 Å². The summed E-state index contributed by atoms with van der Waals surface area (Å²) in [5.41, 5.74) is 3.90. The van der Waals surface area contributed by atoms with E-state index in [1.807, 2.05) is 43.1 Å². The van der Waals surface area contributed by atoms with E-state index in [-0.39, 0.29) is 11.8 Å². The second-order valence-electron chi connectivity index (χ2n) is 12.4. The minimum atomic E-state index is 0.0977. The summed E-state index contributed by atoms with van der Waals surface area (Å²) >= 11 is 0. The number of pyridine rings is 2. The van der Waals surface area contributed by atoms with Crippen LogP contribution < -0.4 is 9.64 Å². The molecule has 3 aliphatic rings. The van der Waals surface area contributed by atoms with Gasteiger partial charge in [-0.05, 0) is 95.4 Å². The van der Waals surface area contributed by atoms with E-state index in [1.165, 1.54) is 6.42 Å². The molecule has 3 heterocycles. The van der Waals surface area contributed by atoms with Crippen LogP contribution in [-0.2, 0) is 9.53 Å². The van der Waals surface area contributed by atoms with Crippen molar-refractivity contribution in [3.63, 3.8) is 0 Å². The minimum absolute atomic E-state index is 0.0977. The molecule has 8 heteroatoms. The molecule has 0 unspecified atom stereocenters. The van der Waals surface area contributed by atoms with Gasteiger partial charge in [-0.2, -0.15) is 0 Å². The van der Waals surface area contributed by atoms with Gasteiger partial charge in [0.1, 0.15) is 23.5 Å². The molecule has 3 saturated carbocycles. The average Bonchev–Trinajstić information content (AvgIpc) is 3.80. The molecule has 0 aliphatic heterocycles. The largest absolute Gasteiger partial charge is 0.495 e. The van der Waals surface area contributed by atoms with E-state index in [4.69, 9.17) is 24.1 Å². The van der Waals surface area contributed by atoms with Crippen LogP contribution in [0.3, 0.4) is 0 Å². The maximum Gasteiger partial charge on any atom is 0.231 e. The van der Waals surface area contributed by atoms with Gasteiger partial charge < -0.3 is 13.9 Å². The van der Waals surface area contributed by atoms with Crippen molar-refractivity contribution in [3.8, 4) is 17.0 Å². The van der Waals surface area contributed by atoms with Crippen molar-refractivity contribution in [2.45, 2.75) is 96.3 Å². The predicted molar refractivity (Wildman–Crippen MR) is 168 cm³/mol. The van der Waals surface area contributed by atoms with E-state index in [0.717, 1.165) is 117 Å². The normalized spacial score (nSPS) is 20.7. The fourth-order valence-electron chi connectivity index (χ4n) is 6.44. The summed E-state index contributed by atoms with van der Waals surface area (Å²) in [6.45, 7) is 5.51. The molecular weight excluding hydrogens is 540 g/mol. The van der Waals surface area contributed by atoms with Crippen LogP contribution in [0.15, 0.2) is 41.1 Å². The van der Waals surface area contributed by atoms with Crippen LogP contribution in [0.4, 0.5) is 5.82 Å². The smallest absolute Gasteiger partial charge is 0.231 e. The predicted octanol–water partition coefficient (Wildman–Crippen LogP) is 7.87. The van der Waals surface area contributed by atoms with Crippen LogP contribution in [0.5, 0.6) is 5.75 Å². The van der Waals surface area contributed by atoms with Crippen molar-refractivity contribution in [1.82, 2.24) is 15.0 Å². The van der Waals surface area contributed by atoms with Crippen molar-refractivity contribution >= 4 is 11.7 Å². The molecule has 6 rings (SSSR count). The first-order chi connectivity index (χ1) is 21.0. The SMILES string of the molecule is CCOC.COc1ccc(C2CCC(CN(C(=O)C3CCCCC3)c3cc(-c4coc(C5CC5)n4)ccn3)CC2)nc1C. The number of hydrogen-bond acceptors (Lipinski definition) is 7. The Hall–Kier alpha value is -3.26. The molecule has 232 valence electrons. The maximum absolute atomic E-state index is 13.9. The second-order valence-corrected chi connectivity index (χ2v) is 12.4. The Labute approximate surface area is 256 Å². The summed E-state index contributed by atoms with van der Waals surface area (Å²) in [7, 11) is 3.37. The highest BCUT2D eigenvalue weighted by Crippen LogP contribution is 2.41. The van der Waals surface area contributed by atoms with Crippen LogP contribution >= 0.6 is 0 Å². The first kappa shape index (κ1) is 31.2. The standard InChI is InChI=1S/C32H40N4O3.C3H8O/c1-21-29(38-2)15-14-27(34-21)23-10-8-22(9-11-23)19-36(32(37)25-6-4-3-5-7-25)30-18-26(16-17-33-30)28-20-39-31(35-28)24-12-13-24;1-3-4-2/h14-18,20,22-25H,3-13,19H2,1-2H3;3H2,1-2H3. The van der Waals surface area contributed by atoms with Gasteiger partial charge in [0, 0.05) is 55.5 Å². The molecule has 0 aromatic carbocycles. The zero-order valence-corrected chi connectivity index (χ0v) is 26.4. The van der Waals surface area contributed by atoms with Crippen molar-refractivity contribution in [3.05, 3.63) is 54.0 Å². The Balaban J connectivity index is 0.000000868. The molecule has 0 atom stereocenters. The van der Waals surface area contributed by atoms with E-state index in [2.05, 4.69) is 10.8 Å². The molecule has 0 radical (unpaired) electrons. The molecule has 3 aromatic heterocycles. The minimum Gasteiger partial charge on any atom is -0.495 e. The molecule has 3 fully saturated rings. The Bertz CT molecular complexity index is 1320. The number of hydrogen-bond donors (Lipinski definition) is 0. The highest BCUT2D eigenvalue weighted by atomic mass is 16.5. The van der Waals surface area contributed by atoms with E-state index in [0.29, 0.717) is 17.8 Å². The molecule has 43 heavy (non-hydrogen) atoms.